The molecule has 3 aromatic rings. The maximum absolute atomic E-state index is 13.5. The second-order valence-electron chi connectivity index (χ2n) is 12.4. The van der Waals surface area contributed by atoms with Crippen LogP contribution in [0.4, 0.5) is 0 Å². The van der Waals surface area contributed by atoms with Gasteiger partial charge in [0.15, 0.2) is 0 Å². The number of hydrogen-bond donors (Lipinski definition) is 1. The molecule has 1 unspecified atom stereocenters. The van der Waals surface area contributed by atoms with E-state index in [-0.39, 0.29) is 16.7 Å². The summed E-state index contributed by atoms with van der Waals surface area (Å²) in [5, 5.41) is 11.5. The molecule has 2 aliphatic rings. The minimum absolute atomic E-state index is 0.0402. The minimum atomic E-state index is -0.671. The third kappa shape index (κ3) is 7.00. The average molecular weight is 583 g/mol. The van der Waals surface area contributed by atoms with Crippen molar-refractivity contribution in [1.29, 1.82) is 0 Å². The number of hydrogen-bond acceptors (Lipinski definition) is 6. The van der Waals surface area contributed by atoms with E-state index in [9.17, 15) is 14.7 Å². The lowest BCUT2D eigenvalue weighted by Gasteiger charge is -2.29. The third-order valence-electron chi connectivity index (χ3n) is 8.39. The molecule has 0 radical (unpaired) electrons. The van der Waals surface area contributed by atoms with Crippen molar-refractivity contribution in [2.24, 2.45) is 0 Å². The summed E-state index contributed by atoms with van der Waals surface area (Å²) in [7, 11) is 0. The number of ether oxygens (including phenoxy) is 2. The van der Waals surface area contributed by atoms with Gasteiger partial charge in [-0.1, -0.05) is 69.3 Å². The topological polar surface area (TPSA) is 79.3 Å². The molecule has 1 amide bonds. The number of morpholine rings is 1. The normalized spacial score (nSPS) is 19.2. The van der Waals surface area contributed by atoms with E-state index in [2.05, 4.69) is 25.7 Å². The molecule has 2 aliphatic heterocycles. The molecule has 43 heavy (non-hydrogen) atoms. The highest BCUT2D eigenvalue weighted by molar-refractivity contribution is 6.46. The Balaban J connectivity index is 1.41. The number of carbonyl (C=O) groups is 2. The Morgan fingerprint density at radius 3 is 2.26 bits per heavy atom. The van der Waals surface area contributed by atoms with Crippen LogP contribution in [0.15, 0.2) is 78.4 Å². The van der Waals surface area contributed by atoms with Crippen molar-refractivity contribution in [3.63, 3.8) is 0 Å². The molecule has 0 saturated carbocycles. The summed E-state index contributed by atoms with van der Waals surface area (Å²) in [5.41, 5.74) is 4.75. The molecule has 0 aliphatic carbocycles. The molecule has 0 bridgehead atoms. The third-order valence-corrected chi connectivity index (χ3v) is 8.39. The minimum Gasteiger partial charge on any atom is -0.507 e. The van der Waals surface area contributed by atoms with Gasteiger partial charge in [0.2, 0.25) is 0 Å². The Morgan fingerprint density at radius 2 is 1.60 bits per heavy atom. The molecule has 0 aromatic heterocycles. The monoisotopic (exact) mass is 582 g/mol. The van der Waals surface area contributed by atoms with Crippen molar-refractivity contribution in [1.82, 2.24) is 9.80 Å². The smallest absolute Gasteiger partial charge is 0.295 e. The van der Waals surface area contributed by atoms with Gasteiger partial charge in [0.05, 0.1) is 24.8 Å². The predicted octanol–water partition coefficient (Wildman–Crippen LogP) is 6.02. The Kier molecular flexibility index (Phi) is 9.33. The van der Waals surface area contributed by atoms with E-state index in [1.807, 2.05) is 55.5 Å². The number of likely N-dealkylation sites (tertiary alicyclic amines) is 1. The van der Waals surface area contributed by atoms with Gasteiger partial charge in [-0.2, -0.15) is 0 Å². The van der Waals surface area contributed by atoms with Crippen molar-refractivity contribution in [3.8, 4) is 5.75 Å². The second kappa shape index (κ2) is 13.1. The van der Waals surface area contributed by atoms with E-state index in [1.54, 1.807) is 29.2 Å². The predicted molar refractivity (Wildman–Crippen MR) is 168 cm³/mol. The van der Waals surface area contributed by atoms with Crippen LogP contribution in [0.25, 0.3) is 5.76 Å². The zero-order valence-electron chi connectivity index (χ0n) is 25.6. The van der Waals surface area contributed by atoms with Crippen LogP contribution in [-0.4, -0.2) is 66.0 Å². The summed E-state index contributed by atoms with van der Waals surface area (Å²) in [6.45, 7) is 13.3. The van der Waals surface area contributed by atoms with E-state index in [0.29, 0.717) is 37.7 Å². The quantitative estimate of drug-likeness (QED) is 0.189. The maximum atomic E-state index is 13.5. The molecule has 2 saturated heterocycles. The maximum Gasteiger partial charge on any atom is 0.295 e. The number of carbonyl (C=O) groups excluding carboxylic acids is 2. The fourth-order valence-corrected chi connectivity index (χ4v) is 5.71. The molecule has 226 valence electrons. The van der Waals surface area contributed by atoms with E-state index in [4.69, 9.17) is 9.47 Å². The number of Topliss-reactive ketones (excluding diaryl/α,β-unsaturated/α-hetero) is 1. The molecule has 0 spiro atoms. The van der Waals surface area contributed by atoms with Crippen LogP contribution in [0.5, 0.6) is 5.75 Å². The van der Waals surface area contributed by atoms with E-state index in [1.165, 1.54) is 0 Å². The molecule has 1 N–H and O–H groups in total. The molecular weight excluding hydrogens is 540 g/mol. The molecule has 7 heteroatoms. The van der Waals surface area contributed by atoms with Crippen LogP contribution in [0, 0.1) is 6.92 Å². The molecular formula is C36H42N2O5. The highest BCUT2D eigenvalue weighted by Gasteiger charge is 2.45. The number of ketones is 1. The van der Waals surface area contributed by atoms with E-state index >= 15 is 0 Å². The zero-order valence-corrected chi connectivity index (χ0v) is 25.6. The molecule has 2 fully saturated rings. The zero-order chi connectivity index (χ0) is 30.6. The van der Waals surface area contributed by atoms with Gasteiger partial charge >= 0.3 is 0 Å². The molecule has 3 aromatic carbocycles. The average Bonchev–Trinajstić information content (AvgIpc) is 3.26. The van der Waals surface area contributed by atoms with Gasteiger partial charge in [0.25, 0.3) is 11.7 Å². The van der Waals surface area contributed by atoms with Crippen LogP contribution in [0.2, 0.25) is 0 Å². The standard InChI is InChI=1S/C36H42N2O5/c1-25-8-5-6-9-28(25)24-43-30-16-12-27(13-17-30)33(39)31-32(26-10-14-29(15-11-26)36(2,3)4)38(35(41)34(31)40)19-7-18-37-20-22-42-23-21-37/h5-6,8-17,32,39H,7,18-24H2,1-4H3. The van der Waals surface area contributed by atoms with E-state index < -0.39 is 17.7 Å². The number of amides is 1. The molecule has 1 atom stereocenters. The van der Waals surface area contributed by atoms with Crippen LogP contribution in [-0.2, 0) is 26.3 Å². The summed E-state index contributed by atoms with van der Waals surface area (Å²) in [6.07, 6.45) is 0.719. The lowest BCUT2D eigenvalue weighted by atomic mass is 9.85. The summed E-state index contributed by atoms with van der Waals surface area (Å²) in [4.78, 5) is 30.9. The second-order valence-corrected chi connectivity index (χ2v) is 12.4. The Labute approximate surface area is 254 Å². The van der Waals surface area contributed by atoms with Crippen LogP contribution in [0.1, 0.15) is 61.1 Å². The van der Waals surface area contributed by atoms with Gasteiger partial charge in [0.1, 0.15) is 18.1 Å². The summed E-state index contributed by atoms with van der Waals surface area (Å²) < 4.78 is 11.4. The fourth-order valence-electron chi connectivity index (χ4n) is 5.71. The SMILES string of the molecule is Cc1ccccc1COc1ccc(C(O)=C2C(=O)C(=O)N(CCCN3CCOCC3)C2c2ccc(C(C)(C)C)cc2)cc1. The van der Waals surface area contributed by atoms with Gasteiger partial charge < -0.3 is 19.5 Å². The highest BCUT2D eigenvalue weighted by Crippen LogP contribution is 2.40. The molecule has 5 rings (SSSR count). The first-order valence-electron chi connectivity index (χ1n) is 15.1. The highest BCUT2D eigenvalue weighted by atomic mass is 16.5. The van der Waals surface area contributed by atoms with Crippen molar-refractivity contribution in [3.05, 3.63) is 106 Å². The first kappa shape index (κ1) is 30.5. The Bertz CT molecular complexity index is 1460. The largest absolute Gasteiger partial charge is 0.507 e. The number of nitrogens with zero attached hydrogens (tertiary/aromatic N) is 2. The molecule has 2 heterocycles. The van der Waals surface area contributed by atoms with Crippen LogP contribution < -0.4 is 4.74 Å². The van der Waals surface area contributed by atoms with Gasteiger partial charge in [-0.05, 0) is 65.3 Å². The lowest BCUT2D eigenvalue weighted by molar-refractivity contribution is -0.140. The first-order valence-corrected chi connectivity index (χ1v) is 15.1. The number of rotatable bonds is 9. The summed E-state index contributed by atoms with van der Waals surface area (Å²) in [5.74, 6) is -0.762. The fraction of sp³-hybridized carbons (Fsp3) is 0.389. The van der Waals surface area contributed by atoms with Crippen molar-refractivity contribution < 1.29 is 24.2 Å². The van der Waals surface area contributed by atoms with Crippen LogP contribution in [0.3, 0.4) is 0 Å². The van der Waals surface area contributed by atoms with Gasteiger partial charge in [0, 0.05) is 31.7 Å². The molecule has 7 nitrogen and oxygen atoms in total. The van der Waals surface area contributed by atoms with Gasteiger partial charge in [-0.3, -0.25) is 14.5 Å². The van der Waals surface area contributed by atoms with E-state index in [0.717, 1.165) is 48.3 Å². The van der Waals surface area contributed by atoms with Crippen molar-refractivity contribution in [2.75, 3.05) is 39.4 Å². The number of benzene rings is 3. The van der Waals surface area contributed by atoms with Gasteiger partial charge in [-0.25, -0.2) is 0 Å². The number of aliphatic hydroxyl groups excluding tert-OH is 1. The lowest BCUT2D eigenvalue weighted by Crippen LogP contribution is -2.39. The number of aryl methyl sites for hydroxylation is 1. The number of aliphatic hydroxyl groups is 1. The summed E-state index contributed by atoms with van der Waals surface area (Å²) >= 11 is 0. The Morgan fingerprint density at radius 1 is 0.930 bits per heavy atom. The van der Waals surface area contributed by atoms with Crippen LogP contribution >= 0.6 is 0 Å². The Hall–Kier alpha value is -3.94. The van der Waals surface area contributed by atoms with Crippen molar-refractivity contribution >= 4 is 17.4 Å². The van der Waals surface area contributed by atoms with Gasteiger partial charge in [-0.15, -0.1) is 0 Å². The first-order chi connectivity index (χ1) is 20.6. The summed E-state index contributed by atoms with van der Waals surface area (Å²) in [6, 6.07) is 22.4. The van der Waals surface area contributed by atoms with Crippen molar-refractivity contribution in [2.45, 2.75) is 52.2 Å².